The zero-order valence-corrected chi connectivity index (χ0v) is 16.8. The van der Waals surface area contributed by atoms with Gasteiger partial charge in [-0.15, -0.1) is 10.2 Å². The Labute approximate surface area is 172 Å². The Morgan fingerprint density at radius 2 is 2.00 bits per heavy atom. The molecular formula is C17H20N8O4S. The number of nitrogens with zero attached hydrogens (tertiary/aromatic N) is 5. The van der Waals surface area contributed by atoms with E-state index in [1.165, 1.54) is 18.2 Å². The van der Waals surface area contributed by atoms with Gasteiger partial charge in [-0.05, 0) is 18.2 Å². The second kappa shape index (κ2) is 9.28. The minimum Gasteiger partial charge on any atom is -0.355 e. The topological polar surface area (TPSA) is 156 Å². The number of rotatable bonds is 8. The molecule has 0 aliphatic rings. The molecule has 3 aromatic rings. The number of nitro benzene ring substituents is 1. The Morgan fingerprint density at radius 1 is 1.17 bits per heavy atom. The molecule has 0 amide bonds. The van der Waals surface area contributed by atoms with Crippen LogP contribution in [0.25, 0.3) is 5.65 Å². The van der Waals surface area contributed by atoms with E-state index in [1.807, 2.05) is 28.8 Å². The summed E-state index contributed by atoms with van der Waals surface area (Å²) < 4.78 is 28.8. The van der Waals surface area contributed by atoms with Gasteiger partial charge in [-0.2, -0.15) is 0 Å². The van der Waals surface area contributed by atoms with Crippen LogP contribution < -0.4 is 15.4 Å². The Hall–Kier alpha value is -3.58. The van der Waals surface area contributed by atoms with Crippen molar-refractivity contribution in [2.24, 2.45) is 4.99 Å². The highest BCUT2D eigenvalue weighted by atomic mass is 32.2. The SMILES string of the molecule is CN=C(NCCNS(=O)(=O)c1cccc([N+](=O)[O-])c1)NCc1nnc2ccccn12. The molecule has 0 radical (unpaired) electrons. The van der Waals surface area contributed by atoms with E-state index in [4.69, 9.17) is 0 Å². The van der Waals surface area contributed by atoms with Gasteiger partial charge < -0.3 is 10.6 Å². The fraction of sp³-hybridized carbons (Fsp3) is 0.235. The van der Waals surface area contributed by atoms with Gasteiger partial charge in [0, 0.05) is 38.5 Å². The molecule has 13 heteroatoms. The number of non-ortho nitro benzene ring substituents is 1. The molecule has 1 aromatic carbocycles. The Kier molecular flexibility index (Phi) is 6.54. The van der Waals surface area contributed by atoms with Crippen molar-refractivity contribution in [3.63, 3.8) is 0 Å². The van der Waals surface area contributed by atoms with Crippen molar-refractivity contribution in [3.8, 4) is 0 Å². The Morgan fingerprint density at radius 3 is 2.77 bits per heavy atom. The average molecular weight is 432 g/mol. The van der Waals surface area contributed by atoms with Gasteiger partial charge in [0.2, 0.25) is 10.0 Å². The van der Waals surface area contributed by atoms with E-state index in [1.54, 1.807) is 7.05 Å². The number of hydrogen-bond donors (Lipinski definition) is 3. The highest BCUT2D eigenvalue weighted by Gasteiger charge is 2.17. The number of nitrogens with one attached hydrogen (secondary N) is 3. The molecule has 0 fully saturated rings. The summed E-state index contributed by atoms with van der Waals surface area (Å²) in [6.07, 6.45) is 1.85. The summed E-state index contributed by atoms with van der Waals surface area (Å²) in [6, 6.07) is 10.5. The predicted molar refractivity (Wildman–Crippen MR) is 109 cm³/mol. The number of aromatic nitrogens is 3. The highest BCUT2D eigenvalue weighted by Crippen LogP contribution is 2.16. The minimum absolute atomic E-state index is 0.0551. The van der Waals surface area contributed by atoms with Crippen LogP contribution in [0.1, 0.15) is 5.82 Å². The van der Waals surface area contributed by atoms with Crippen LogP contribution >= 0.6 is 0 Å². The third kappa shape index (κ3) is 5.07. The maximum Gasteiger partial charge on any atom is 0.270 e. The lowest BCUT2D eigenvalue weighted by Gasteiger charge is -2.12. The van der Waals surface area contributed by atoms with Gasteiger partial charge in [-0.25, -0.2) is 13.1 Å². The molecule has 0 aliphatic heterocycles. The van der Waals surface area contributed by atoms with Gasteiger partial charge in [0.1, 0.15) is 0 Å². The third-order valence-corrected chi connectivity index (χ3v) is 5.53. The second-order valence-electron chi connectivity index (χ2n) is 6.05. The van der Waals surface area contributed by atoms with Crippen molar-refractivity contribution in [1.29, 1.82) is 0 Å². The molecule has 0 aliphatic carbocycles. The Bertz CT molecular complexity index is 1180. The van der Waals surface area contributed by atoms with Crippen molar-refractivity contribution in [2.45, 2.75) is 11.4 Å². The molecule has 0 atom stereocenters. The van der Waals surface area contributed by atoms with Gasteiger partial charge in [0.25, 0.3) is 5.69 Å². The molecule has 12 nitrogen and oxygen atoms in total. The van der Waals surface area contributed by atoms with Crippen molar-refractivity contribution in [3.05, 3.63) is 64.6 Å². The number of fused-ring (bicyclic) bond motifs is 1. The van der Waals surface area contributed by atoms with E-state index < -0.39 is 14.9 Å². The predicted octanol–water partition coefficient (Wildman–Crippen LogP) is 0.281. The smallest absolute Gasteiger partial charge is 0.270 e. The zero-order chi connectivity index (χ0) is 21.6. The highest BCUT2D eigenvalue weighted by molar-refractivity contribution is 7.89. The average Bonchev–Trinajstić information content (AvgIpc) is 3.16. The van der Waals surface area contributed by atoms with Crippen LogP contribution in [0.4, 0.5) is 5.69 Å². The van der Waals surface area contributed by atoms with E-state index >= 15 is 0 Å². The number of pyridine rings is 1. The minimum atomic E-state index is -3.87. The van der Waals surface area contributed by atoms with Gasteiger partial charge in [0.15, 0.2) is 17.4 Å². The van der Waals surface area contributed by atoms with Crippen molar-refractivity contribution < 1.29 is 13.3 Å². The van der Waals surface area contributed by atoms with Crippen LogP contribution in [-0.2, 0) is 16.6 Å². The standard InChI is InChI=1S/C17H20N8O4S/c1-18-17(20-12-16-23-22-15-7-2-3-10-24(15)16)19-8-9-21-30(28,29)14-6-4-5-13(11-14)25(26)27/h2-7,10-11,21H,8-9,12H2,1H3,(H2,18,19,20). The van der Waals surface area contributed by atoms with Gasteiger partial charge >= 0.3 is 0 Å². The molecule has 2 aromatic heterocycles. The van der Waals surface area contributed by atoms with Gasteiger partial charge in [-0.3, -0.25) is 19.5 Å². The number of aliphatic imine (C=N–C) groups is 1. The lowest BCUT2D eigenvalue weighted by atomic mass is 10.3. The molecule has 0 bridgehead atoms. The van der Waals surface area contributed by atoms with Crippen molar-refractivity contribution in [2.75, 3.05) is 20.1 Å². The van der Waals surface area contributed by atoms with E-state index in [9.17, 15) is 18.5 Å². The maximum atomic E-state index is 12.3. The summed E-state index contributed by atoms with van der Waals surface area (Å²) in [4.78, 5) is 14.1. The van der Waals surface area contributed by atoms with Crippen LogP contribution in [0.3, 0.4) is 0 Å². The molecule has 3 rings (SSSR count). The van der Waals surface area contributed by atoms with Crippen LogP contribution in [-0.4, -0.2) is 54.0 Å². The summed E-state index contributed by atoms with van der Waals surface area (Å²) in [5.74, 6) is 1.15. The summed E-state index contributed by atoms with van der Waals surface area (Å²) in [7, 11) is -2.28. The molecule has 3 N–H and O–H groups in total. The zero-order valence-electron chi connectivity index (χ0n) is 16.0. The number of nitro groups is 1. The maximum absolute atomic E-state index is 12.3. The third-order valence-electron chi connectivity index (χ3n) is 4.07. The monoisotopic (exact) mass is 432 g/mol. The van der Waals surface area contributed by atoms with Gasteiger partial charge in [-0.1, -0.05) is 12.1 Å². The fourth-order valence-electron chi connectivity index (χ4n) is 2.61. The molecule has 2 heterocycles. The van der Waals surface area contributed by atoms with Crippen LogP contribution in [0.2, 0.25) is 0 Å². The Balaban J connectivity index is 1.50. The summed E-state index contributed by atoms with van der Waals surface area (Å²) >= 11 is 0. The molecule has 0 saturated heterocycles. The van der Waals surface area contributed by atoms with Crippen LogP contribution in [0.5, 0.6) is 0 Å². The summed E-state index contributed by atoms with van der Waals surface area (Å²) in [5.41, 5.74) is 0.439. The van der Waals surface area contributed by atoms with E-state index in [0.29, 0.717) is 18.3 Å². The first-order chi connectivity index (χ1) is 14.4. The molecule has 0 saturated carbocycles. The molecule has 0 unspecified atom stereocenters. The van der Waals surface area contributed by atoms with Crippen LogP contribution in [0, 0.1) is 10.1 Å². The van der Waals surface area contributed by atoms with E-state index in [0.717, 1.165) is 11.7 Å². The molecule has 30 heavy (non-hydrogen) atoms. The number of sulfonamides is 1. The quantitative estimate of drug-likeness (QED) is 0.151. The van der Waals surface area contributed by atoms with Gasteiger partial charge in [0.05, 0.1) is 16.4 Å². The van der Waals surface area contributed by atoms with E-state index in [2.05, 4.69) is 30.5 Å². The lowest BCUT2D eigenvalue weighted by Crippen LogP contribution is -2.41. The molecule has 158 valence electrons. The number of hydrogen-bond acceptors (Lipinski definition) is 7. The van der Waals surface area contributed by atoms with Crippen LogP contribution in [0.15, 0.2) is 58.5 Å². The number of benzene rings is 1. The first-order valence-corrected chi connectivity index (χ1v) is 10.4. The summed E-state index contributed by atoms with van der Waals surface area (Å²) in [5, 5.41) is 25.1. The summed E-state index contributed by atoms with van der Waals surface area (Å²) in [6.45, 7) is 0.665. The lowest BCUT2D eigenvalue weighted by molar-refractivity contribution is -0.385. The fourth-order valence-corrected chi connectivity index (χ4v) is 3.68. The first kappa shape index (κ1) is 21.1. The van der Waals surface area contributed by atoms with Crippen molar-refractivity contribution >= 4 is 27.3 Å². The molecular weight excluding hydrogens is 412 g/mol. The first-order valence-electron chi connectivity index (χ1n) is 8.88. The normalized spacial score (nSPS) is 12.1. The van der Waals surface area contributed by atoms with E-state index in [-0.39, 0.29) is 23.7 Å². The number of guanidine groups is 1. The van der Waals surface area contributed by atoms with Crippen molar-refractivity contribution in [1.82, 2.24) is 30.0 Å². The largest absolute Gasteiger partial charge is 0.355 e. The second-order valence-corrected chi connectivity index (χ2v) is 7.82. The molecule has 0 spiro atoms.